The van der Waals surface area contributed by atoms with Crippen molar-refractivity contribution < 1.29 is 30.3 Å². The van der Waals surface area contributed by atoms with Gasteiger partial charge >= 0.3 is 0 Å². The number of ether oxygens (including phenoxy) is 1. The van der Waals surface area contributed by atoms with Gasteiger partial charge in [0.05, 0.1) is 5.60 Å². The highest BCUT2D eigenvalue weighted by molar-refractivity contribution is 5.00. The van der Waals surface area contributed by atoms with Crippen molar-refractivity contribution in [3.63, 3.8) is 0 Å². The Bertz CT molecular complexity index is 222. The van der Waals surface area contributed by atoms with E-state index in [0.29, 0.717) is 0 Å². The molecule has 0 spiro atoms. The van der Waals surface area contributed by atoms with Gasteiger partial charge in [-0.1, -0.05) is 0 Å². The van der Waals surface area contributed by atoms with Gasteiger partial charge in [-0.2, -0.15) is 0 Å². The third-order valence-electron chi connectivity index (χ3n) is 2.56. The Labute approximate surface area is 94.1 Å². The van der Waals surface area contributed by atoms with Gasteiger partial charge in [-0.25, -0.2) is 0 Å². The van der Waals surface area contributed by atoms with E-state index in [1.807, 2.05) is 0 Å². The molecule has 1 saturated carbocycles. The van der Waals surface area contributed by atoms with Gasteiger partial charge in [0, 0.05) is 0 Å². The molecule has 6 heteroatoms. The molecule has 0 aromatic carbocycles. The normalized spacial score (nSPS) is 45.8. The lowest BCUT2D eigenvalue weighted by Crippen LogP contribution is -2.65. The Morgan fingerprint density at radius 3 is 1.31 bits per heavy atom. The number of hydrogen-bond acceptors (Lipinski definition) is 6. The first-order valence-corrected chi connectivity index (χ1v) is 5.23. The molecule has 0 aromatic heterocycles. The van der Waals surface area contributed by atoms with Crippen molar-refractivity contribution in [1.82, 2.24) is 0 Å². The van der Waals surface area contributed by atoms with Crippen LogP contribution in [0.5, 0.6) is 0 Å². The molecule has 1 aliphatic carbocycles. The van der Waals surface area contributed by atoms with E-state index in [9.17, 15) is 25.5 Å². The molecule has 1 aliphatic rings. The molecule has 16 heavy (non-hydrogen) atoms. The van der Waals surface area contributed by atoms with E-state index in [1.54, 1.807) is 20.8 Å². The maximum atomic E-state index is 9.65. The highest BCUT2D eigenvalue weighted by Gasteiger charge is 2.49. The monoisotopic (exact) mass is 236 g/mol. The smallest absolute Gasteiger partial charge is 0.115 e. The fourth-order valence-electron chi connectivity index (χ4n) is 1.74. The molecular formula is C10H20O6. The van der Waals surface area contributed by atoms with Crippen LogP contribution in [0.15, 0.2) is 0 Å². The van der Waals surface area contributed by atoms with Gasteiger partial charge in [-0.15, -0.1) is 0 Å². The highest BCUT2D eigenvalue weighted by Crippen LogP contribution is 2.27. The zero-order valence-corrected chi connectivity index (χ0v) is 9.61. The van der Waals surface area contributed by atoms with Gasteiger partial charge in [0.2, 0.25) is 0 Å². The Hall–Kier alpha value is -0.240. The predicted molar refractivity (Wildman–Crippen MR) is 54.7 cm³/mol. The molecule has 1 fully saturated rings. The number of hydrogen-bond donors (Lipinski definition) is 5. The van der Waals surface area contributed by atoms with Gasteiger partial charge in [0.25, 0.3) is 0 Å². The van der Waals surface area contributed by atoms with Crippen molar-refractivity contribution in [2.45, 2.75) is 63.0 Å². The summed E-state index contributed by atoms with van der Waals surface area (Å²) in [6.45, 7) is 5.16. The van der Waals surface area contributed by atoms with Crippen LogP contribution in [0, 0.1) is 0 Å². The summed E-state index contributed by atoms with van der Waals surface area (Å²) in [5.41, 5.74) is -0.644. The summed E-state index contributed by atoms with van der Waals surface area (Å²) in [5, 5.41) is 47.5. The number of rotatable bonds is 1. The summed E-state index contributed by atoms with van der Waals surface area (Å²) in [5.74, 6) is 0. The minimum Gasteiger partial charge on any atom is -0.387 e. The summed E-state index contributed by atoms with van der Waals surface area (Å²) < 4.78 is 5.36. The van der Waals surface area contributed by atoms with Crippen LogP contribution in [-0.4, -0.2) is 67.8 Å². The van der Waals surface area contributed by atoms with E-state index in [0.717, 1.165) is 0 Å². The standard InChI is InChI=1S/C10H20O6/c1-10(2,3)16-9-7(14)5(12)4(11)6(13)8(9)15/h4-9,11-15H,1-3H3/t4?,5-,6+,7+,8-,9?. The van der Waals surface area contributed by atoms with Gasteiger partial charge in [0.1, 0.15) is 36.6 Å². The second kappa shape index (κ2) is 4.56. The second-order valence-electron chi connectivity index (χ2n) is 5.15. The van der Waals surface area contributed by atoms with E-state index in [-0.39, 0.29) is 0 Å². The zero-order chi connectivity index (χ0) is 12.7. The second-order valence-corrected chi connectivity index (χ2v) is 5.15. The van der Waals surface area contributed by atoms with Crippen molar-refractivity contribution in [3.05, 3.63) is 0 Å². The summed E-state index contributed by atoms with van der Waals surface area (Å²) in [6.07, 6.45) is -8.66. The average Bonchev–Trinajstić information content (AvgIpc) is 2.17. The zero-order valence-electron chi connectivity index (χ0n) is 9.61. The molecule has 1 rings (SSSR count). The quantitative estimate of drug-likeness (QED) is 0.360. The Morgan fingerprint density at radius 2 is 1.00 bits per heavy atom. The summed E-state index contributed by atoms with van der Waals surface area (Å²) in [4.78, 5) is 0. The van der Waals surface area contributed by atoms with Crippen molar-refractivity contribution in [2.75, 3.05) is 0 Å². The molecule has 0 bridgehead atoms. The molecular weight excluding hydrogens is 216 g/mol. The Morgan fingerprint density at radius 1 is 0.688 bits per heavy atom. The molecule has 6 nitrogen and oxygen atoms in total. The molecule has 0 amide bonds. The fourth-order valence-corrected chi connectivity index (χ4v) is 1.74. The van der Waals surface area contributed by atoms with Crippen LogP contribution >= 0.6 is 0 Å². The van der Waals surface area contributed by atoms with Crippen LogP contribution in [-0.2, 0) is 4.74 Å². The van der Waals surface area contributed by atoms with Gasteiger partial charge in [0.15, 0.2) is 0 Å². The molecule has 2 unspecified atom stereocenters. The highest BCUT2D eigenvalue weighted by atomic mass is 16.5. The van der Waals surface area contributed by atoms with Crippen LogP contribution < -0.4 is 0 Å². The maximum Gasteiger partial charge on any atom is 0.115 e. The van der Waals surface area contributed by atoms with E-state index in [2.05, 4.69) is 0 Å². The van der Waals surface area contributed by atoms with Gasteiger partial charge in [-0.05, 0) is 20.8 Å². The first-order chi connectivity index (χ1) is 7.15. The number of aliphatic hydroxyl groups excluding tert-OH is 5. The molecule has 0 aromatic rings. The van der Waals surface area contributed by atoms with Crippen LogP contribution in [0.1, 0.15) is 20.8 Å². The van der Waals surface area contributed by atoms with Crippen molar-refractivity contribution in [2.24, 2.45) is 0 Å². The van der Waals surface area contributed by atoms with Crippen LogP contribution in [0.25, 0.3) is 0 Å². The molecule has 0 aliphatic heterocycles. The molecule has 5 N–H and O–H groups in total. The average molecular weight is 236 g/mol. The SMILES string of the molecule is CC(C)(C)OC1[C@@H](O)[C@H](O)C(O)[C@H](O)[C@H]1O. The van der Waals surface area contributed by atoms with E-state index < -0.39 is 42.2 Å². The third-order valence-corrected chi connectivity index (χ3v) is 2.56. The van der Waals surface area contributed by atoms with E-state index in [4.69, 9.17) is 4.74 Å². The molecule has 6 atom stereocenters. The minimum atomic E-state index is -1.58. The fraction of sp³-hybridized carbons (Fsp3) is 1.00. The first kappa shape index (κ1) is 13.8. The van der Waals surface area contributed by atoms with Crippen LogP contribution in [0.2, 0.25) is 0 Å². The van der Waals surface area contributed by atoms with E-state index in [1.165, 1.54) is 0 Å². The van der Waals surface area contributed by atoms with Gasteiger partial charge < -0.3 is 30.3 Å². The Balaban J connectivity index is 2.83. The van der Waals surface area contributed by atoms with Crippen LogP contribution in [0.3, 0.4) is 0 Å². The summed E-state index contributed by atoms with van der Waals surface area (Å²) in [6, 6.07) is 0. The minimum absolute atomic E-state index is 0.644. The van der Waals surface area contributed by atoms with Crippen molar-refractivity contribution in [3.8, 4) is 0 Å². The van der Waals surface area contributed by atoms with Gasteiger partial charge in [-0.3, -0.25) is 0 Å². The van der Waals surface area contributed by atoms with Crippen molar-refractivity contribution in [1.29, 1.82) is 0 Å². The first-order valence-electron chi connectivity index (χ1n) is 5.23. The summed E-state index contributed by atoms with van der Waals surface area (Å²) in [7, 11) is 0. The molecule has 0 heterocycles. The summed E-state index contributed by atoms with van der Waals surface area (Å²) >= 11 is 0. The lowest BCUT2D eigenvalue weighted by atomic mass is 9.84. The maximum absolute atomic E-state index is 9.65. The topological polar surface area (TPSA) is 110 Å². The predicted octanol–water partition coefficient (Wildman–Crippen LogP) is -2.01. The Kier molecular flexibility index (Phi) is 3.94. The number of aliphatic hydroxyl groups is 5. The third kappa shape index (κ3) is 2.71. The lowest BCUT2D eigenvalue weighted by molar-refractivity contribution is -0.254. The van der Waals surface area contributed by atoms with Crippen molar-refractivity contribution >= 4 is 0 Å². The molecule has 96 valence electrons. The molecule has 0 radical (unpaired) electrons. The molecule has 0 saturated heterocycles. The van der Waals surface area contributed by atoms with Crippen LogP contribution in [0.4, 0.5) is 0 Å². The lowest BCUT2D eigenvalue weighted by Gasteiger charge is -2.43. The van der Waals surface area contributed by atoms with E-state index >= 15 is 0 Å². The largest absolute Gasteiger partial charge is 0.387 e.